The van der Waals surface area contributed by atoms with E-state index < -0.39 is 21.4 Å². The van der Waals surface area contributed by atoms with Crippen molar-refractivity contribution in [2.24, 2.45) is 0 Å². The molecule has 0 heterocycles. The maximum atomic E-state index is 12.9. The molecule has 0 unspecified atom stereocenters. The Labute approximate surface area is 175 Å². The molecule has 30 heavy (non-hydrogen) atoms. The second kappa shape index (κ2) is 8.13. The summed E-state index contributed by atoms with van der Waals surface area (Å²) >= 11 is 0. The zero-order valence-corrected chi connectivity index (χ0v) is 17.1. The fourth-order valence-corrected chi connectivity index (χ4v) is 5.02. The molecule has 5 heteroatoms. The van der Waals surface area contributed by atoms with Gasteiger partial charge < -0.3 is 4.74 Å². The Bertz CT molecular complexity index is 1370. The summed E-state index contributed by atoms with van der Waals surface area (Å²) in [5.74, 6) is -0.573. The lowest BCUT2D eigenvalue weighted by molar-refractivity contribution is -0.118. The van der Waals surface area contributed by atoms with Gasteiger partial charge in [0.1, 0.15) is 18.1 Å². The Morgan fingerprint density at radius 1 is 0.833 bits per heavy atom. The quantitative estimate of drug-likeness (QED) is 0.423. The fraction of sp³-hybridized carbons (Fsp3) is 0.0800. The van der Waals surface area contributed by atoms with Crippen LogP contribution in [0.3, 0.4) is 0 Å². The van der Waals surface area contributed by atoms with E-state index >= 15 is 0 Å². The zero-order valence-electron chi connectivity index (χ0n) is 16.2. The van der Waals surface area contributed by atoms with Crippen LogP contribution in [0.25, 0.3) is 27.6 Å². The van der Waals surface area contributed by atoms with Crippen LogP contribution in [0.2, 0.25) is 0 Å². The van der Waals surface area contributed by atoms with E-state index in [4.69, 9.17) is 4.74 Å². The van der Waals surface area contributed by atoms with E-state index in [1.165, 1.54) is 6.07 Å². The highest BCUT2D eigenvalue weighted by Gasteiger charge is 2.22. The van der Waals surface area contributed by atoms with Crippen molar-refractivity contribution in [3.8, 4) is 5.75 Å². The molecule has 0 N–H and O–H groups in total. The van der Waals surface area contributed by atoms with Crippen molar-refractivity contribution in [1.29, 1.82) is 0 Å². The van der Waals surface area contributed by atoms with Crippen LogP contribution < -0.4 is 4.74 Å². The largest absolute Gasteiger partial charge is 0.485 e. The minimum absolute atomic E-state index is 0.162. The first-order valence-corrected chi connectivity index (χ1v) is 11.1. The number of hydrogen-bond donors (Lipinski definition) is 0. The van der Waals surface area contributed by atoms with Crippen LogP contribution in [0.15, 0.2) is 90.3 Å². The number of hydrogen-bond acceptors (Lipinski definition) is 4. The molecule has 0 amide bonds. The Morgan fingerprint density at radius 3 is 2.27 bits per heavy atom. The van der Waals surface area contributed by atoms with Crippen molar-refractivity contribution in [2.75, 3.05) is 12.4 Å². The van der Waals surface area contributed by atoms with Crippen molar-refractivity contribution >= 4 is 43.2 Å². The van der Waals surface area contributed by atoms with Crippen molar-refractivity contribution in [2.45, 2.75) is 4.90 Å². The van der Waals surface area contributed by atoms with Crippen LogP contribution in [-0.4, -0.2) is 26.6 Å². The lowest BCUT2D eigenvalue weighted by atomic mass is 10.0. The molecule has 0 spiro atoms. The predicted octanol–water partition coefficient (Wildman–Crippen LogP) is 5.06. The van der Waals surface area contributed by atoms with Gasteiger partial charge in [-0.2, -0.15) is 0 Å². The van der Waals surface area contributed by atoms with E-state index in [1.54, 1.807) is 30.3 Å². The van der Waals surface area contributed by atoms with Gasteiger partial charge in [-0.3, -0.25) is 4.79 Å². The molecule has 0 saturated heterocycles. The smallest absolute Gasteiger partial charge is 0.186 e. The molecule has 0 aromatic heterocycles. The first-order valence-electron chi connectivity index (χ1n) is 9.49. The molecule has 4 nitrogen and oxygen atoms in total. The Morgan fingerprint density at radius 2 is 1.50 bits per heavy atom. The van der Waals surface area contributed by atoms with E-state index in [2.05, 4.69) is 6.58 Å². The minimum atomic E-state index is -3.79. The molecule has 0 aliphatic carbocycles. The highest BCUT2D eigenvalue weighted by molar-refractivity contribution is 7.92. The van der Waals surface area contributed by atoms with E-state index in [0.29, 0.717) is 11.1 Å². The van der Waals surface area contributed by atoms with Gasteiger partial charge in [-0.15, -0.1) is 0 Å². The van der Waals surface area contributed by atoms with E-state index in [1.807, 2.05) is 48.5 Å². The summed E-state index contributed by atoms with van der Waals surface area (Å²) in [6, 6.07) is 23.6. The summed E-state index contributed by atoms with van der Waals surface area (Å²) in [5, 5.41) is 3.23. The minimum Gasteiger partial charge on any atom is -0.485 e. The molecule has 4 aromatic rings. The molecule has 0 aliphatic rings. The van der Waals surface area contributed by atoms with Crippen LogP contribution >= 0.6 is 0 Å². The number of sulfone groups is 1. The van der Waals surface area contributed by atoms with Gasteiger partial charge >= 0.3 is 0 Å². The second-order valence-electron chi connectivity index (χ2n) is 6.97. The summed E-state index contributed by atoms with van der Waals surface area (Å²) in [6.07, 6.45) is 1.76. The summed E-state index contributed by atoms with van der Waals surface area (Å²) in [6.45, 7) is 3.50. The van der Waals surface area contributed by atoms with E-state index in [9.17, 15) is 13.2 Å². The van der Waals surface area contributed by atoms with Crippen LogP contribution in [0.5, 0.6) is 5.75 Å². The maximum absolute atomic E-state index is 12.9. The third kappa shape index (κ3) is 3.84. The summed E-state index contributed by atoms with van der Waals surface area (Å²) in [5.41, 5.74) is 0.961. The van der Waals surface area contributed by atoms with Gasteiger partial charge in [0.25, 0.3) is 0 Å². The molecular formula is C25H20O4S. The summed E-state index contributed by atoms with van der Waals surface area (Å²) in [4.78, 5) is 12.6. The standard InChI is InChI=1S/C25H20O4S/c1-2-18-14-15-24(23-12-6-5-10-21(18)23)29-16-20(26)17-30(27,28)25-13-7-9-19-8-3-4-11-22(19)25/h2-15H,1,16-17H2. The Balaban J connectivity index is 1.54. The highest BCUT2D eigenvalue weighted by Crippen LogP contribution is 2.29. The zero-order chi connectivity index (χ0) is 21.1. The van der Waals surface area contributed by atoms with Crippen LogP contribution in [0.4, 0.5) is 0 Å². The molecule has 4 rings (SSSR count). The molecule has 0 saturated carbocycles. The number of Topliss-reactive ketones (excluding diaryl/α,β-unsaturated/α-hetero) is 1. The van der Waals surface area contributed by atoms with Crippen LogP contribution in [0, 0.1) is 0 Å². The normalized spacial score (nSPS) is 11.5. The van der Waals surface area contributed by atoms with Crippen LogP contribution in [-0.2, 0) is 14.6 Å². The molecule has 150 valence electrons. The number of ether oxygens (including phenoxy) is 1. The molecular weight excluding hydrogens is 396 g/mol. The number of carbonyl (C=O) groups excluding carboxylic acids is 1. The Hall–Kier alpha value is -3.44. The predicted molar refractivity (Wildman–Crippen MR) is 121 cm³/mol. The Kier molecular flexibility index (Phi) is 5.38. The monoisotopic (exact) mass is 416 g/mol. The lowest BCUT2D eigenvalue weighted by Crippen LogP contribution is -2.22. The third-order valence-corrected chi connectivity index (χ3v) is 6.69. The molecule has 0 fully saturated rings. The first kappa shape index (κ1) is 19.9. The van der Waals surface area contributed by atoms with Crippen molar-refractivity contribution in [1.82, 2.24) is 0 Å². The summed E-state index contributed by atoms with van der Waals surface area (Å²) in [7, 11) is -3.79. The topological polar surface area (TPSA) is 60.4 Å². The van der Waals surface area contributed by atoms with Gasteiger partial charge in [-0.05, 0) is 28.5 Å². The van der Waals surface area contributed by atoms with E-state index in [0.717, 1.165) is 21.7 Å². The number of ketones is 1. The average Bonchev–Trinajstić information content (AvgIpc) is 2.76. The molecule has 4 aromatic carbocycles. The lowest BCUT2D eigenvalue weighted by Gasteiger charge is -2.11. The number of benzene rings is 4. The van der Waals surface area contributed by atoms with Crippen molar-refractivity contribution in [3.63, 3.8) is 0 Å². The van der Waals surface area contributed by atoms with Gasteiger partial charge in [-0.25, -0.2) is 8.42 Å². The molecule has 0 aliphatic heterocycles. The fourth-order valence-electron chi connectivity index (χ4n) is 3.56. The number of carbonyl (C=O) groups is 1. The number of fused-ring (bicyclic) bond motifs is 2. The van der Waals surface area contributed by atoms with E-state index in [-0.39, 0.29) is 11.5 Å². The van der Waals surface area contributed by atoms with Gasteiger partial charge in [0.05, 0.1) is 4.90 Å². The second-order valence-corrected chi connectivity index (χ2v) is 8.92. The third-order valence-electron chi connectivity index (χ3n) is 4.96. The van der Waals surface area contributed by atoms with Gasteiger partial charge in [0, 0.05) is 10.8 Å². The van der Waals surface area contributed by atoms with Crippen LogP contribution in [0.1, 0.15) is 5.56 Å². The average molecular weight is 416 g/mol. The SMILES string of the molecule is C=Cc1ccc(OCC(=O)CS(=O)(=O)c2cccc3ccccc23)c2ccccc12. The molecule has 0 bridgehead atoms. The highest BCUT2D eigenvalue weighted by atomic mass is 32.2. The van der Waals surface area contributed by atoms with Gasteiger partial charge in [0.2, 0.25) is 0 Å². The molecule has 0 atom stereocenters. The maximum Gasteiger partial charge on any atom is 0.186 e. The van der Waals surface area contributed by atoms with Crippen molar-refractivity contribution in [3.05, 3.63) is 91.0 Å². The van der Waals surface area contributed by atoms with Crippen molar-refractivity contribution < 1.29 is 17.9 Å². The van der Waals surface area contributed by atoms with Gasteiger partial charge in [0.15, 0.2) is 15.6 Å². The molecule has 0 radical (unpaired) electrons. The number of rotatable bonds is 7. The first-order chi connectivity index (χ1) is 14.5. The summed E-state index contributed by atoms with van der Waals surface area (Å²) < 4.78 is 31.5. The van der Waals surface area contributed by atoms with Gasteiger partial charge in [-0.1, -0.05) is 79.4 Å².